The number of alkyl carbamates (subject to hydrolysis) is 1. The lowest BCUT2D eigenvalue weighted by Crippen LogP contribution is -2.31. The summed E-state index contributed by atoms with van der Waals surface area (Å²) >= 11 is 0. The molecule has 38 heavy (non-hydrogen) atoms. The molecular formula is C28H34F3NO6. The number of ketones is 1. The number of ether oxygens (including phenoxy) is 1. The Bertz CT molecular complexity index is 1230. The fraction of sp³-hybridized carbons (Fsp3) is 0.464. The molecular weight excluding hydrogens is 503 g/mol. The van der Waals surface area contributed by atoms with Gasteiger partial charge in [-0.25, -0.2) is 9.59 Å². The van der Waals surface area contributed by atoms with Crippen LogP contribution in [0.15, 0.2) is 45.8 Å². The van der Waals surface area contributed by atoms with Crippen LogP contribution < -0.4 is 10.9 Å². The molecule has 0 bridgehead atoms. The van der Waals surface area contributed by atoms with E-state index in [1.54, 1.807) is 52.0 Å². The molecule has 0 aliphatic carbocycles. The molecule has 2 aromatic rings. The quantitative estimate of drug-likeness (QED) is 0.324. The Morgan fingerprint density at radius 2 is 1.89 bits per heavy atom. The van der Waals surface area contributed by atoms with Crippen LogP contribution in [-0.2, 0) is 17.6 Å². The van der Waals surface area contributed by atoms with E-state index in [2.05, 4.69) is 10.1 Å². The maximum Gasteiger partial charge on any atom is 0.410 e. The monoisotopic (exact) mass is 537 g/mol. The number of carbonyl (C=O) groups excluding carboxylic acids is 2. The van der Waals surface area contributed by atoms with Crippen molar-refractivity contribution in [2.75, 3.05) is 7.11 Å². The number of alkyl halides is 3. The van der Waals surface area contributed by atoms with E-state index in [9.17, 15) is 32.7 Å². The van der Waals surface area contributed by atoms with Crippen LogP contribution in [0, 0.1) is 12.3 Å². The van der Waals surface area contributed by atoms with Crippen molar-refractivity contribution in [3.63, 3.8) is 0 Å². The number of aryl methyl sites for hydroxylation is 2. The Morgan fingerprint density at radius 1 is 1.21 bits per heavy atom. The predicted octanol–water partition coefficient (Wildman–Crippen LogP) is 6.35. The Morgan fingerprint density at radius 3 is 2.47 bits per heavy atom. The van der Waals surface area contributed by atoms with Gasteiger partial charge in [0.1, 0.15) is 17.1 Å². The zero-order chi connectivity index (χ0) is 28.7. The highest BCUT2D eigenvalue weighted by Gasteiger charge is 2.34. The maximum absolute atomic E-state index is 13.3. The van der Waals surface area contributed by atoms with Gasteiger partial charge in [0.25, 0.3) is 0 Å². The largest absolute Gasteiger partial charge is 0.507 e. The number of allylic oxidation sites excluding steroid dienone is 1. The van der Waals surface area contributed by atoms with Crippen molar-refractivity contribution in [3.05, 3.63) is 75.0 Å². The molecule has 0 aliphatic heterocycles. The number of rotatable bonds is 11. The summed E-state index contributed by atoms with van der Waals surface area (Å²) in [6, 6.07) is 6.24. The number of hydrogen-bond donors (Lipinski definition) is 2. The van der Waals surface area contributed by atoms with E-state index in [4.69, 9.17) is 4.42 Å². The van der Waals surface area contributed by atoms with Crippen LogP contribution in [0.25, 0.3) is 0 Å². The third-order valence-electron chi connectivity index (χ3n) is 6.28. The molecule has 1 heterocycles. The number of hydrogen-bond acceptors (Lipinski definition) is 6. The van der Waals surface area contributed by atoms with Crippen molar-refractivity contribution < 1.29 is 37.0 Å². The molecule has 0 saturated heterocycles. The first-order valence-corrected chi connectivity index (χ1v) is 12.2. The Balaban J connectivity index is 2.13. The van der Waals surface area contributed by atoms with Gasteiger partial charge in [-0.05, 0) is 49.3 Å². The highest BCUT2D eigenvalue weighted by Crippen LogP contribution is 2.32. The smallest absolute Gasteiger partial charge is 0.410 e. The van der Waals surface area contributed by atoms with Crippen LogP contribution in [0.3, 0.4) is 0 Å². The topological polar surface area (TPSA) is 106 Å². The second kappa shape index (κ2) is 12.8. The zero-order valence-electron chi connectivity index (χ0n) is 22.2. The van der Waals surface area contributed by atoms with Gasteiger partial charge >= 0.3 is 17.9 Å². The highest BCUT2D eigenvalue weighted by atomic mass is 19.4. The summed E-state index contributed by atoms with van der Waals surface area (Å²) in [5, 5.41) is 13.0. The number of carbonyl (C=O) groups is 2. The number of methoxy groups -OCH3 is 1. The van der Waals surface area contributed by atoms with Gasteiger partial charge in [0.05, 0.1) is 7.11 Å². The summed E-state index contributed by atoms with van der Waals surface area (Å²) in [5.74, 6) is -1.10. The van der Waals surface area contributed by atoms with Crippen molar-refractivity contribution in [2.45, 2.75) is 71.9 Å². The number of Topliss-reactive ketones (excluding diaryl/α,β-unsaturated/α-hetero) is 1. The van der Waals surface area contributed by atoms with Crippen LogP contribution in [0.4, 0.5) is 18.0 Å². The third-order valence-corrected chi connectivity index (χ3v) is 6.28. The highest BCUT2D eigenvalue weighted by molar-refractivity contribution is 6.02. The van der Waals surface area contributed by atoms with Gasteiger partial charge in [0.2, 0.25) is 0 Å². The fourth-order valence-corrected chi connectivity index (χ4v) is 4.00. The van der Waals surface area contributed by atoms with Crippen molar-refractivity contribution in [1.82, 2.24) is 5.32 Å². The molecule has 0 saturated carbocycles. The summed E-state index contributed by atoms with van der Waals surface area (Å²) in [5.41, 5.74) is -0.440. The number of benzene rings is 1. The molecule has 1 amide bonds. The molecule has 2 rings (SSSR count). The molecule has 0 spiro atoms. The second-order valence-corrected chi connectivity index (χ2v) is 9.98. The molecule has 0 radical (unpaired) electrons. The molecule has 1 atom stereocenters. The maximum atomic E-state index is 13.3. The van der Waals surface area contributed by atoms with Crippen LogP contribution in [0.5, 0.6) is 5.75 Å². The molecule has 7 nitrogen and oxygen atoms in total. The minimum Gasteiger partial charge on any atom is -0.507 e. The molecule has 2 N–H and O–H groups in total. The van der Waals surface area contributed by atoms with Crippen LogP contribution in [0.2, 0.25) is 0 Å². The summed E-state index contributed by atoms with van der Waals surface area (Å²) in [4.78, 5) is 37.1. The van der Waals surface area contributed by atoms with E-state index in [-0.39, 0.29) is 24.5 Å². The third kappa shape index (κ3) is 8.78. The average Bonchev–Trinajstić information content (AvgIpc) is 2.82. The summed E-state index contributed by atoms with van der Waals surface area (Å²) in [6.07, 6.45) is -1.45. The summed E-state index contributed by atoms with van der Waals surface area (Å²) < 4.78 is 47.4. The minimum absolute atomic E-state index is 0.132. The van der Waals surface area contributed by atoms with Gasteiger partial charge in [-0.15, -0.1) is 0 Å². The normalized spacial score (nSPS) is 12.9. The van der Waals surface area contributed by atoms with E-state index >= 15 is 0 Å². The number of aromatic hydroxyl groups is 1. The van der Waals surface area contributed by atoms with Gasteiger partial charge in [-0.1, -0.05) is 45.0 Å². The van der Waals surface area contributed by atoms with Crippen molar-refractivity contribution in [1.29, 1.82) is 0 Å². The zero-order valence-corrected chi connectivity index (χ0v) is 22.2. The average molecular weight is 538 g/mol. The van der Waals surface area contributed by atoms with E-state index in [0.29, 0.717) is 18.4 Å². The Hall–Kier alpha value is -3.56. The van der Waals surface area contributed by atoms with Crippen molar-refractivity contribution in [2.24, 2.45) is 5.41 Å². The lowest BCUT2D eigenvalue weighted by Gasteiger charge is -2.24. The summed E-state index contributed by atoms with van der Waals surface area (Å²) in [7, 11) is 1.25. The molecule has 1 aromatic heterocycles. The lowest BCUT2D eigenvalue weighted by atomic mass is 9.78. The first-order chi connectivity index (χ1) is 17.6. The second-order valence-electron chi connectivity index (χ2n) is 9.98. The lowest BCUT2D eigenvalue weighted by molar-refractivity contribution is -0.134. The molecule has 10 heteroatoms. The molecule has 0 fully saturated rings. The number of nitrogens with one attached hydrogen (secondary N) is 1. The van der Waals surface area contributed by atoms with E-state index in [1.165, 1.54) is 19.4 Å². The van der Waals surface area contributed by atoms with Gasteiger partial charge < -0.3 is 14.3 Å². The van der Waals surface area contributed by atoms with E-state index in [1.807, 2.05) is 0 Å². The number of halogens is 3. The molecule has 1 aromatic carbocycles. The van der Waals surface area contributed by atoms with Crippen molar-refractivity contribution in [3.8, 4) is 5.75 Å². The van der Waals surface area contributed by atoms with Crippen LogP contribution in [0.1, 0.15) is 78.8 Å². The SMILES string of the molecule is COC(=O)N/C=C/CCC(C)c1cc(O)c(C(=O)C(C)(C)Cc2ccc(CCC(F)(F)F)cc2C)c(=O)o1. The Labute approximate surface area is 219 Å². The van der Waals surface area contributed by atoms with Crippen LogP contribution in [-0.4, -0.2) is 30.3 Å². The Kier molecular flexibility index (Phi) is 10.3. The van der Waals surface area contributed by atoms with Crippen LogP contribution >= 0.6 is 0 Å². The van der Waals surface area contributed by atoms with E-state index in [0.717, 1.165) is 11.1 Å². The number of amides is 1. The predicted molar refractivity (Wildman–Crippen MR) is 136 cm³/mol. The molecule has 1 unspecified atom stereocenters. The van der Waals surface area contributed by atoms with Gasteiger partial charge in [-0.3, -0.25) is 10.1 Å². The van der Waals surface area contributed by atoms with Gasteiger partial charge in [0, 0.05) is 30.0 Å². The fourth-order valence-electron chi connectivity index (χ4n) is 4.00. The molecule has 208 valence electrons. The standard InChI is InChI=1S/C28H34F3NO6/c1-17(8-6-7-13-32-26(36)37-5)22-15-21(33)23(25(35)38-22)24(34)27(3,4)16-20-10-9-19(14-18(20)2)11-12-28(29,30)31/h7,9-10,13-15,17,33H,6,8,11-12,16H2,1-5H3,(H,32,36)/b13-7+. The first kappa shape index (κ1) is 30.7. The minimum atomic E-state index is -4.24. The van der Waals surface area contributed by atoms with Gasteiger partial charge in [-0.2, -0.15) is 13.2 Å². The first-order valence-electron chi connectivity index (χ1n) is 12.2. The molecule has 0 aliphatic rings. The van der Waals surface area contributed by atoms with Gasteiger partial charge in [0.15, 0.2) is 5.78 Å². The van der Waals surface area contributed by atoms with Crippen molar-refractivity contribution >= 4 is 11.9 Å². The van der Waals surface area contributed by atoms with E-state index < -0.39 is 46.8 Å². The summed E-state index contributed by atoms with van der Waals surface area (Å²) in [6.45, 7) is 6.83.